The number of anilines is 1. The fourth-order valence-corrected chi connectivity index (χ4v) is 3.78. The van der Waals surface area contributed by atoms with Crippen LogP contribution in [-0.4, -0.2) is 50.8 Å². The van der Waals surface area contributed by atoms with Gasteiger partial charge in [-0.1, -0.05) is 6.07 Å². The number of piperidine rings is 1. The quantitative estimate of drug-likeness (QED) is 0.758. The first-order valence-corrected chi connectivity index (χ1v) is 9.13. The first-order valence-electron chi connectivity index (χ1n) is 9.13. The Morgan fingerprint density at radius 3 is 2.77 bits per heavy atom. The van der Waals surface area contributed by atoms with Crippen molar-refractivity contribution in [1.82, 2.24) is 19.5 Å². The van der Waals surface area contributed by atoms with Gasteiger partial charge in [-0.05, 0) is 70.1 Å². The summed E-state index contributed by atoms with van der Waals surface area (Å²) in [5.41, 5.74) is 3.75. The molecule has 0 amide bonds. The number of rotatable bonds is 3. The number of likely N-dealkylation sites (N-methyl/N-ethyl adjacent to an activating group) is 1. The predicted octanol–water partition coefficient (Wildman–Crippen LogP) is 3.22. The number of fused-ring (bicyclic) bond motifs is 1. The maximum atomic E-state index is 10.4. The Kier molecular flexibility index (Phi) is 4.28. The summed E-state index contributed by atoms with van der Waals surface area (Å²) in [7, 11) is 2.15. The number of nitrogens with zero attached hydrogens (tertiary/aromatic N) is 4. The van der Waals surface area contributed by atoms with Crippen molar-refractivity contribution in [3.05, 3.63) is 41.6 Å². The Balaban J connectivity index is 1.77. The number of likely N-dealkylation sites (tertiary alicyclic amines) is 1. The van der Waals surface area contributed by atoms with Crippen LogP contribution in [0.5, 0.6) is 5.75 Å². The second-order valence-electron chi connectivity index (χ2n) is 7.33. The lowest BCUT2D eigenvalue weighted by Crippen LogP contribution is -2.40. The van der Waals surface area contributed by atoms with Gasteiger partial charge < -0.3 is 15.3 Å². The number of aromatic nitrogens is 3. The SMILES string of the molecule is Cc1ccc(-c2nnc(N[C@@H]3CCCN(C)C3)c3ccc(C)n23)c(O)c1. The van der Waals surface area contributed by atoms with Crippen molar-refractivity contribution in [2.75, 3.05) is 25.5 Å². The number of benzene rings is 1. The van der Waals surface area contributed by atoms with E-state index in [2.05, 4.69) is 44.0 Å². The van der Waals surface area contributed by atoms with Crippen LogP contribution in [0.1, 0.15) is 24.1 Å². The van der Waals surface area contributed by atoms with E-state index in [0.29, 0.717) is 17.4 Å². The molecule has 0 bridgehead atoms. The van der Waals surface area contributed by atoms with Crippen LogP contribution in [0, 0.1) is 13.8 Å². The van der Waals surface area contributed by atoms with E-state index in [4.69, 9.17) is 0 Å². The second-order valence-corrected chi connectivity index (χ2v) is 7.33. The number of nitrogens with one attached hydrogen (secondary N) is 1. The molecule has 6 heteroatoms. The Morgan fingerprint density at radius 2 is 2.00 bits per heavy atom. The highest BCUT2D eigenvalue weighted by atomic mass is 16.3. The van der Waals surface area contributed by atoms with E-state index in [1.54, 1.807) is 6.07 Å². The topological polar surface area (TPSA) is 65.7 Å². The molecular formula is C20H25N5O. The highest BCUT2D eigenvalue weighted by Gasteiger charge is 2.20. The van der Waals surface area contributed by atoms with Crippen LogP contribution in [0.15, 0.2) is 30.3 Å². The molecule has 6 nitrogen and oxygen atoms in total. The molecular weight excluding hydrogens is 326 g/mol. The predicted molar refractivity (Wildman–Crippen MR) is 104 cm³/mol. The third kappa shape index (κ3) is 3.01. The summed E-state index contributed by atoms with van der Waals surface area (Å²) in [6.45, 7) is 6.16. The summed E-state index contributed by atoms with van der Waals surface area (Å²) in [4.78, 5) is 2.34. The first kappa shape index (κ1) is 16.8. The average molecular weight is 351 g/mol. The molecule has 1 fully saturated rings. The largest absolute Gasteiger partial charge is 0.507 e. The van der Waals surface area contributed by atoms with Crippen LogP contribution >= 0.6 is 0 Å². The van der Waals surface area contributed by atoms with Crippen LogP contribution in [0.3, 0.4) is 0 Å². The third-order valence-electron chi connectivity index (χ3n) is 5.13. The van der Waals surface area contributed by atoms with Crippen molar-refractivity contribution in [2.45, 2.75) is 32.7 Å². The molecule has 0 unspecified atom stereocenters. The zero-order chi connectivity index (χ0) is 18.3. The highest BCUT2D eigenvalue weighted by molar-refractivity contribution is 5.75. The zero-order valence-corrected chi connectivity index (χ0v) is 15.5. The molecule has 0 saturated carbocycles. The molecule has 0 spiro atoms. The lowest BCUT2D eigenvalue weighted by atomic mass is 10.1. The molecule has 1 aliphatic heterocycles. The molecule has 2 N–H and O–H groups in total. The van der Waals surface area contributed by atoms with Crippen molar-refractivity contribution < 1.29 is 5.11 Å². The van der Waals surface area contributed by atoms with Gasteiger partial charge in [0.25, 0.3) is 0 Å². The van der Waals surface area contributed by atoms with Crippen LogP contribution in [0.2, 0.25) is 0 Å². The summed E-state index contributed by atoms with van der Waals surface area (Å²) in [6.07, 6.45) is 2.33. The molecule has 0 aliphatic carbocycles. The summed E-state index contributed by atoms with van der Waals surface area (Å²) in [6, 6.07) is 10.1. The summed E-state index contributed by atoms with van der Waals surface area (Å²) in [5.74, 6) is 1.68. The van der Waals surface area contributed by atoms with E-state index < -0.39 is 0 Å². The van der Waals surface area contributed by atoms with Gasteiger partial charge in [-0.2, -0.15) is 0 Å². The van der Waals surface area contributed by atoms with E-state index in [9.17, 15) is 5.11 Å². The number of hydrogen-bond acceptors (Lipinski definition) is 5. The number of phenols is 1. The Labute approximate surface area is 153 Å². The van der Waals surface area contributed by atoms with Crippen LogP contribution < -0.4 is 5.32 Å². The first-order chi connectivity index (χ1) is 12.5. The maximum absolute atomic E-state index is 10.4. The minimum atomic E-state index is 0.225. The van der Waals surface area contributed by atoms with Crippen molar-refractivity contribution in [2.24, 2.45) is 0 Å². The van der Waals surface area contributed by atoms with Gasteiger partial charge in [0.05, 0.1) is 11.1 Å². The van der Waals surface area contributed by atoms with E-state index in [1.807, 2.05) is 26.0 Å². The molecule has 1 atom stereocenters. The molecule has 136 valence electrons. The Bertz CT molecular complexity index is 949. The smallest absolute Gasteiger partial charge is 0.173 e. The van der Waals surface area contributed by atoms with Gasteiger partial charge in [0, 0.05) is 18.3 Å². The third-order valence-corrected chi connectivity index (χ3v) is 5.13. The zero-order valence-electron chi connectivity index (χ0n) is 15.5. The van der Waals surface area contributed by atoms with E-state index in [1.165, 1.54) is 6.42 Å². The highest BCUT2D eigenvalue weighted by Crippen LogP contribution is 2.31. The fraction of sp³-hybridized carbons (Fsp3) is 0.400. The van der Waals surface area contributed by atoms with Gasteiger partial charge in [0.1, 0.15) is 5.75 Å². The van der Waals surface area contributed by atoms with Crippen LogP contribution in [0.25, 0.3) is 16.9 Å². The lowest BCUT2D eigenvalue weighted by Gasteiger charge is -2.30. The number of hydrogen-bond donors (Lipinski definition) is 2. The molecule has 2 aromatic heterocycles. The molecule has 26 heavy (non-hydrogen) atoms. The van der Waals surface area contributed by atoms with Crippen molar-refractivity contribution in [3.63, 3.8) is 0 Å². The Morgan fingerprint density at radius 1 is 1.15 bits per heavy atom. The minimum absolute atomic E-state index is 0.225. The molecule has 3 aromatic rings. The molecule has 0 radical (unpaired) electrons. The maximum Gasteiger partial charge on any atom is 0.173 e. The van der Waals surface area contributed by atoms with Gasteiger partial charge >= 0.3 is 0 Å². The molecule has 1 saturated heterocycles. The van der Waals surface area contributed by atoms with Crippen molar-refractivity contribution >= 4 is 11.3 Å². The lowest BCUT2D eigenvalue weighted by molar-refractivity contribution is 0.260. The average Bonchev–Trinajstić information content (AvgIpc) is 2.99. The second kappa shape index (κ2) is 6.61. The van der Waals surface area contributed by atoms with Crippen LogP contribution in [0.4, 0.5) is 5.82 Å². The van der Waals surface area contributed by atoms with Gasteiger partial charge in [-0.15, -0.1) is 10.2 Å². The molecule has 1 aromatic carbocycles. The summed E-state index contributed by atoms with van der Waals surface area (Å²) in [5, 5.41) is 22.9. The number of aromatic hydroxyl groups is 1. The van der Waals surface area contributed by atoms with E-state index in [0.717, 1.165) is 42.1 Å². The normalized spacial score (nSPS) is 18.3. The van der Waals surface area contributed by atoms with Crippen molar-refractivity contribution in [1.29, 1.82) is 0 Å². The van der Waals surface area contributed by atoms with Gasteiger partial charge in [-0.25, -0.2) is 0 Å². The minimum Gasteiger partial charge on any atom is -0.507 e. The summed E-state index contributed by atoms with van der Waals surface area (Å²) < 4.78 is 2.06. The molecule has 4 rings (SSSR count). The van der Waals surface area contributed by atoms with E-state index in [-0.39, 0.29) is 5.75 Å². The fourth-order valence-electron chi connectivity index (χ4n) is 3.78. The molecule has 3 heterocycles. The summed E-state index contributed by atoms with van der Waals surface area (Å²) >= 11 is 0. The monoisotopic (exact) mass is 351 g/mol. The molecule has 1 aliphatic rings. The van der Waals surface area contributed by atoms with Gasteiger partial charge in [-0.3, -0.25) is 4.40 Å². The van der Waals surface area contributed by atoms with E-state index >= 15 is 0 Å². The number of phenolic OH excluding ortho intramolecular Hbond substituents is 1. The number of aryl methyl sites for hydroxylation is 2. The Hall–Kier alpha value is -2.60. The van der Waals surface area contributed by atoms with Crippen LogP contribution in [-0.2, 0) is 0 Å². The van der Waals surface area contributed by atoms with Gasteiger partial charge in [0.15, 0.2) is 11.6 Å². The van der Waals surface area contributed by atoms with Crippen molar-refractivity contribution in [3.8, 4) is 17.1 Å². The van der Waals surface area contributed by atoms with Gasteiger partial charge in [0.2, 0.25) is 0 Å². The standard InChI is InChI=1S/C20H25N5O/c1-13-6-8-16(18(26)11-13)20-23-22-19(17-9-7-14(2)25(17)20)21-15-5-4-10-24(3)12-15/h6-9,11,15,26H,4-5,10,12H2,1-3H3,(H,21,22)/t15-/m1/s1.